The van der Waals surface area contributed by atoms with Crippen LogP contribution in [0.1, 0.15) is 31.4 Å². The third kappa shape index (κ3) is 8.31. The molecule has 1 N–H and O–H groups in total. The van der Waals surface area contributed by atoms with Gasteiger partial charge in [0.25, 0.3) is 5.91 Å². The lowest BCUT2D eigenvalue weighted by molar-refractivity contribution is -0.121. The van der Waals surface area contributed by atoms with Gasteiger partial charge in [-0.1, -0.05) is 48.9 Å². The minimum Gasteiger partial charge on any atom is -0.490 e. The smallest absolute Gasteiger partial charge is 0.255 e. The fourth-order valence-electron chi connectivity index (χ4n) is 3.35. The standard InChI is InChI=1S/C27H30ClN3O5S/c1-3-16-36-25-15-10-22(17-26(25)35-4-2)18-29-30-27(32)20-31(19-21-8-6-5-7-9-21)37(33,34)24-13-11-23(28)12-14-24/h5-15,17-18H,3-4,16,19-20H2,1-2H3,(H,30,32)/b29-18-. The Kier molecular flexibility index (Phi) is 10.5. The Morgan fingerprint density at radius 1 is 1.00 bits per heavy atom. The molecule has 0 aliphatic carbocycles. The second-order valence-corrected chi connectivity index (χ2v) is 10.4. The number of carbonyl (C=O) groups excluding carboxylic acids is 1. The van der Waals surface area contributed by atoms with E-state index in [2.05, 4.69) is 10.5 Å². The molecule has 0 saturated carbocycles. The highest BCUT2D eigenvalue weighted by Gasteiger charge is 2.27. The van der Waals surface area contributed by atoms with Crippen LogP contribution in [0.3, 0.4) is 0 Å². The minimum absolute atomic E-state index is 0.0138. The van der Waals surface area contributed by atoms with E-state index in [1.807, 2.05) is 32.0 Å². The van der Waals surface area contributed by atoms with Gasteiger partial charge in [0.15, 0.2) is 11.5 Å². The fourth-order valence-corrected chi connectivity index (χ4v) is 4.86. The molecule has 10 heteroatoms. The molecule has 3 aromatic rings. The summed E-state index contributed by atoms with van der Waals surface area (Å²) in [5.41, 5.74) is 3.84. The zero-order chi connectivity index (χ0) is 26.7. The number of sulfonamides is 1. The van der Waals surface area contributed by atoms with Crippen LogP contribution in [0.15, 0.2) is 82.8 Å². The molecule has 0 aliphatic heterocycles. The number of carbonyl (C=O) groups is 1. The second kappa shape index (κ2) is 13.8. The number of hydrogen-bond donors (Lipinski definition) is 1. The predicted octanol–water partition coefficient (Wildman–Crippen LogP) is 4.87. The van der Waals surface area contributed by atoms with Gasteiger partial charge in [0.2, 0.25) is 10.0 Å². The summed E-state index contributed by atoms with van der Waals surface area (Å²) < 4.78 is 39.1. The van der Waals surface area contributed by atoms with E-state index in [0.29, 0.717) is 35.3 Å². The molecule has 196 valence electrons. The number of hydrazone groups is 1. The minimum atomic E-state index is -3.98. The van der Waals surface area contributed by atoms with E-state index >= 15 is 0 Å². The molecule has 0 aliphatic rings. The molecule has 0 bridgehead atoms. The van der Waals surface area contributed by atoms with Gasteiger partial charge in [0, 0.05) is 11.6 Å². The number of ether oxygens (including phenoxy) is 2. The van der Waals surface area contributed by atoms with Crippen molar-refractivity contribution in [2.75, 3.05) is 19.8 Å². The van der Waals surface area contributed by atoms with Gasteiger partial charge < -0.3 is 9.47 Å². The number of amides is 1. The molecule has 0 fully saturated rings. The van der Waals surface area contributed by atoms with Gasteiger partial charge in [-0.2, -0.15) is 9.41 Å². The van der Waals surface area contributed by atoms with Gasteiger partial charge >= 0.3 is 0 Å². The van der Waals surface area contributed by atoms with Crippen molar-refractivity contribution < 1.29 is 22.7 Å². The van der Waals surface area contributed by atoms with Crippen LogP contribution in [-0.4, -0.2) is 44.6 Å². The van der Waals surface area contributed by atoms with Gasteiger partial charge in [-0.15, -0.1) is 0 Å². The van der Waals surface area contributed by atoms with Crippen molar-refractivity contribution in [3.05, 3.63) is 88.9 Å². The molecule has 0 aromatic heterocycles. The molecule has 0 saturated heterocycles. The van der Waals surface area contributed by atoms with Crippen molar-refractivity contribution in [2.24, 2.45) is 5.10 Å². The third-order valence-electron chi connectivity index (χ3n) is 5.11. The van der Waals surface area contributed by atoms with Crippen LogP contribution < -0.4 is 14.9 Å². The highest BCUT2D eigenvalue weighted by atomic mass is 35.5. The van der Waals surface area contributed by atoms with E-state index in [0.717, 1.165) is 16.3 Å². The van der Waals surface area contributed by atoms with Crippen LogP contribution in [0.2, 0.25) is 5.02 Å². The normalized spacial score (nSPS) is 11.6. The van der Waals surface area contributed by atoms with Crippen molar-refractivity contribution in [1.82, 2.24) is 9.73 Å². The Balaban J connectivity index is 1.73. The summed E-state index contributed by atoms with van der Waals surface area (Å²) in [5, 5.41) is 4.42. The summed E-state index contributed by atoms with van der Waals surface area (Å²) in [6, 6.07) is 20.2. The number of hydrogen-bond acceptors (Lipinski definition) is 6. The van der Waals surface area contributed by atoms with Crippen molar-refractivity contribution in [3.63, 3.8) is 0 Å². The molecular weight excluding hydrogens is 514 g/mol. The summed E-state index contributed by atoms with van der Waals surface area (Å²) >= 11 is 5.92. The molecule has 0 spiro atoms. The lowest BCUT2D eigenvalue weighted by Gasteiger charge is -2.21. The van der Waals surface area contributed by atoms with E-state index in [4.69, 9.17) is 21.1 Å². The van der Waals surface area contributed by atoms with Crippen molar-refractivity contribution >= 4 is 33.7 Å². The zero-order valence-corrected chi connectivity index (χ0v) is 22.3. The number of rotatable bonds is 13. The predicted molar refractivity (Wildman–Crippen MR) is 145 cm³/mol. The van der Waals surface area contributed by atoms with E-state index in [1.54, 1.807) is 30.3 Å². The van der Waals surface area contributed by atoms with Crippen LogP contribution in [0.5, 0.6) is 11.5 Å². The Hall–Kier alpha value is -3.40. The zero-order valence-electron chi connectivity index (χ0n) is 20.8. The van der Waals surface area contributed by atoms with E-state index in [9.17, 15) is 13.2 Å². The second-order valence-electron chi connectivity index (χ2n) is 7.99. The van der Waals surface area contributed by atoms with Crippen LogP contribution in [0.4, 0.5) is 0 Å². The third-order valence-corrected chi connectivity index (χ3v) is 7.16. The number of benzene rings is 3. The number of halogens is 1. The van der Waals surface area contributed by atoms with Crippen LogP contribution in [0.25, 0.3) is 0 Å². The van der Waals surface area contributed by atoms with Crippen molar-refractivity contribution in [3.8, 4) is 11.5 Å². The highest BCUT2D eigenvalue weighted by molar-refractivity contribution is 7.89. The molecule has 37 heavy (non-hydrogen) atoms. The Morgan fingerprint density at radius 2 is 1.73 bits per heavy atom. The van der Waals surface area contributed by atoms with Crippen molar-refractivity contribution in [1.29, 1.82) is 0 Å². The molecule has 3 aromatic carbocycles. The van der Waals surface area contributed by atoms with E-state index < -0.39 is 22.5 Å². The Morgan fingerprint density at radius 3 is 2.41 bits per heavy atom. The first-order chi connectivity index (χ1) is 17.8. The fraction of sp³-hybridized carbons (Fsp3) is 0.259. The topological polar surface area (TPSA) is 97.3 Å². The van der Waals surface area contributed by atoms with Gasteiger partial charge in [0.05, 0.1) is 30.9 Å². The molecule has 0 heterocycles. The first kappa shape index (κ1) is 28.2. The molecule has 0 radical (unpaired) electrons. The first-order valence-corrected chi connectivity index (χ1v) is 13.7. The van der Waals surface area contributed by atoms with E-state index in [-0.39, 0.29) is 11.4 Å². The molecule has 0 unspecified atom stereocenters. The summed E-state index contributed by atoms with van der Waals surface area (Å²) in [5.74, 6) is 0.626. The largest absolute Gasteiger partial charge is 0.490 e. The van der Waals surface area contributed by atoms with Gasteiger partial charge in [-0.25, -0.2) is 13.8 Å². The van der Waals surface area contributed by atoms with Crippen LogP contribution in [-0.2, 0) is 21.4 Å². The summed E-state index contributed by atoms with van der Waals surface area (Å²) in [6.07, 6.45) is 2.33. The summed E-state index contributed by atoms with van der Waals surface area (Å²) in [7, 11) is -3.98. The van der Waals surface area contributed by atoms with Gasteiger partial charge in [0.1, 0.15) is 0 Å². The van der Waals surface area contributed by atoms with E-state index in [1.165, 1.54) is 30.5 Å². The molecule has 3 rings (SSSR count). The quantitative estimate of drug-likeness (QED) is 0.245. The molecular formula is C27H30ClN3O5S. The number of nitrogens with one attached hydrogen (secondary N) is 1. The highest BCUT2D eigenvalue weighted by Crippen LogP contribution is 2.28. The summed E-state index contributed by atoms with van der Waals surface area (Å²) in [4.78, 5) is 12.8. The maximum absolute atomic E-state index is 13.3. The monoisotopic (exact) mass is 543 g/mol. The Bertz CT molecular complexity index is 1300. The molecule has 1 amide bonds. The van der Waals surface area contributed by atoms with Crippen LogP contribution >= 0.6 is 11.6 Å². The average Bonchev–Trinajstić information content (AvgIpc) is 2.89. The Labute approximate surface area is 222 Å². The maximum Gasteiger partial charge on any atom is 0.255 e. The van der Waals surface area contributed by atoms with Crippen molar-refractivity contribution in [2.45, 2.75) is 31.7 Å². The first-order valence-electron chi connectivity index (χ1n) is 11.8. The van der Waals surface area contributed by atoms with Crippen LogP contribution in [0, 0.1) is 0 Å². The molecule has 8 nitrogen and oxygen atoms in total. The van der Waals surface area contributed by atoms with Gasteiger partial charge in [-0.3, -0.25) is 4.79 Å². The van der Waals surface area contributed by atoms with Gasteiger partial charge in [-0.05, 0) is 66.9 Å². The average molecular weight is 544 g/mol. The number of nitrogens with zero attached hydrogens (tertiary/aromatic N) is 2. The lowest BCUT2D eigenvalue weighted by Crippen LogP contribution is -2.39. The SMILES string of the molecule is CCCOc1ccc(/C=N\NC(=O)CN(Cc2ccccc2)S(=O)(=O)c2ccc(Cl)cc2)cc1OCC. The summed E-state index contributed by atoms with van der Waals surface area (Å²) in [6.45, 7) is 4.53. The molecule has 0 atom stereocenters. The lowest BCUT2D eigenvalue weighted by atomic mass is 10.2. The maximum atomic E-state index is 13.3.